The van der Waals surface area contributed by atoms with Crippen LogP contribution in [0.15, 0.2) is 18.2 Å². The molecule has 1 saturated heterocycles. The predicted molar refractivity (Wildman–Crippen MR) is 149 cm³/mol. The number of anilines is 2. The van der Waals surface area contributed by atoms with Gasteiger partial charge < -0.3 is 39.1 Å². The molecule has 41 heavy (non-hydrogen) atoms. The highest BCUT2D eigenvalue weighted by atomic mass is 16.6. The SMILES string of the molecule is CCOCCN1C(=O)C(C)(C)Oc2ccc(N(C(=O)C3CN(C(=O)OC(C)(C)C)C[C@@H](C(=O)O)C3O)C3CC3)cc21. The largest absolute Gasteiger partial charge is 0.481 e. The minimum Gasteiger partial charge on any atom is -0.481 e. The number of amides is 3. The van der Waals surface area contributed by atoms with Crippen LogP contribution in [0.25, 0.3) is 0 Å². The van der Waals surface area contributed by atoms with Gasteiger partial charge in [0.15, 0.2) is 5.60 Å². The van der Waals surface area contributed by atoms with Gasteiger partial charge in [-0.25, -0.2) is 4.79 Å². The number of fused-ring (bicyclic) bond motifs is 1. The van der Waals surface area contributed by atoms with Crippen LogP contribution in [0.3, 0.4) is 0 Å². The standard InChI is InChI=1S/C29H41N3O9/c1-7-39-13-12-31-21-14-18(10-11-22(21)40-29(5,6)26(31)37)32(17-8-9-17)24(34)19-15-30(27(38)41-28(2,3)4)16-20(23(19)33)25(35)36/h10-11,14,17,19-20,23,33H,7-9,12-13,15-16H2,1-6H3,(H,35,36)/t19?,20-,23?/m1/s1. The van der Waals surface area contributed by atoms with Crippen molar-refractivity contribution in [2.24, 2.45) is 11.8 Å². The van der Waals surface area contributed by atoms with Gasteiger partial charge in [0.2, 0.25) is 5.91 Å². The van der Waals surface area contributed by atoms with E-state index < -0.39 is 47.1 Å². The van der Waals surface area contributed by atoms with E-state index in [9.17, 15) is 29.4 Å². The van der Waals surface area contributed by atoms with Crippen molar-refractivity contribution in [3.63, 3.8) is 0 Å². The van der Waals surface area contributed by atoms with Crippen molar-refractivity contribution in [2.75, 3.05) is 42.6 Å². The van der Waals surface area contributed by atoms with E-state index in [4.69, 9.17) is 14.2 Å². The lowest BCUT2D eigenvalue weighted by Crippen LogP contribution is -2.59. The zero-order chi connectivity index (χ0) is 30.3. The van der Waals surface area contributed by atoms with E-state index in [1.165, 1.54) is 4.90 Å². The van der Waals surface area contributed by atoms with Gasteiger partial charge in [-0.2, -0.15) is 0 Å². The van der Waals surface area contributed by atoms with Crippen molar-refractivity contribution in [2.45, 2.75) is 77.7 Å². The van der Waals surface area contributed by atoms with Gasteiger partial charge >= 0.3 is 12.1 Å². The van der Waals surface area contributed by atoms with Gasteiger partial charge in [0.05, 0.1) is 24.3 Å². The Labute approximate surface area is 240 Å². The third kappa shape index (κ3) is 6.59. The molecule has 3 atom stereocenters. The van der Waals surface area contributed by atoms with Crippen LogP contribution in [-0.4, -0.2) is 95.2 Å². The second-order valence-electron chi connectivity index (χ2n) is 12.3. The lowest BCUT2D eigenvalue weighted by Gasteiger charge is -2.41. The highest BCUT2D eigenvalue weighted by Gasteiger charge is 2.49. The number of aliphatic hydroxyl groups excluding tert-OH is 1. The predicted octanol–water partition coefficient (Wildman–Crippen LogP) is 2.65. The molecule has 0 bridgehead atoms. The summed E-state index contributed by atoms with van der Waals surface area (Å²) < 4.78 is 16.9. The van der Waals surface area contributed by atoms with E-state index in [1.807, 2.05) is 6.92 Å². The van der Waals surface area contributed by atoms with E-state index in [1.54, 1.807) is 62.6 Å². The van der Waals surface area contributed by atoms with Crippen LogP contribution in [-0.2, 0) is 23.9 Å². The maximum absolute atomic E-state index is 14.1. The molecule has 2 fully saturated rings. The number of carbonyl (C=O) groups excluding carboxylic acids is 3. The second kappa shape index (κ2) is 11.5. The highest BCUT2D eigenvalue weighted by molar-refractivity contribution is 6.04. The second-order valence-corrected chi connectivity index (χ2v) is 12.3. The van der Waals surface area contributed by atoms with Crippen LogP contribution in [0.1, 0.15) is 54.4 Å². The molecule has 1 aromatic carbocycles. The number of carbonyl (C=O) groups is 4. The van der Waals surface area contributed by atoms with Gasteiger partial charge in [0.25, 0.3) is 5.91 Å². The Morgan fingerprint density at radius 2 is 1.80 bits per heavy atom. The Morgan fingerprint density at radius 1 is 1.15 bits per heavy atom. The molecule has 12 nitrogen and oxygen atoms in total. The number of hydrogen-bond acceptors (Lipinski definition) is 8. The summed E-state index contributed by atoms with van der Waals surface area (Å²) >= 11 is 0. The van der Waals surface area contributed by atoms with Gasteiger partial charge in [0.1, 0.15) is 17.3 Å². The first-order valence-corrected chi connectivity index (χ1v) is 14.1. The zero-order valence-corrected chi connectivity index (χ0v) is 24.6. The van der Waals surface area contributed by atoms with Crippen molar-refractivity contribution < 1.29 is 43.6 Å². The van der Waals surface area contributed by atoms with E-state index in [0.29, 0.717) is 36.9 Å². The first-order valence-electron chi connectivity index (χ1n) is 14.1. The van der Waals surface area contributed by atoms with Crippen LogP contribution in [0.5, 0.6) is 5.75 Å². The number of nitrogens with zero attached hydrogens (tertiary/aromatic N) is 3. The first kappa shape index (κ1) is 30.6. The Bertz CT molecular complexity index is 1190. The summed E-state index contributed by atoms with van der Waals surface area (Å²) in [7, 11) is 0. The van der Waals surface area contributed by atoms with Crippen molar-refractivity contribution in [3.05, 3.63) is 18.2 Å². The summed E-state index contributed by atoms with van der Waals surface area (Å²) in [6.45, 7) is 11.0. The highest BCUT2D eigenvalue weighted by Crippen LogP contribution is 2.43. The molecule has 3 amide bonds. The average molecular weight is 576 g/mol. The lowest BCUT2D eigenvalue weighted by molar-refractivity contribution is -0.153. The lowest BCUT2D eigenvalue weighted by atomic mass is 9.85. The molecule has 0 aromatic heterocycles. The molecule has 4 rings (SSSR count). The number of aliphatic hydroxyl groups is 1. The monoisotopic (exact) mass is 575 g/mol. The third-order valence-corrected chi connectivity index (χ3v) is 7.39. The zero-order valence-electron chi connectivity index (χ0n) is 24.6. The fourth-order valence-corrected chi connectivity index (χ4v) is 5.23. The van der Waals surface area contributed by atoms with Gasteiger partial charge in [-0.1, -0.05) is 0 Å². The van der Waals surface area contributed by atoms with Gasteiger partial charge in [0, 0.05) is 38.0 Å². The van der Waals surface area contributed by atoms with Crippen molar-refractivity contribution >= 4 is 35.3 Å². The van der Waals surface area contributed by atoms with Gasteiger partial charge in [-0.3, -0.25) is 14.4 Å². The Balaban J connectivity index is 1.67. The van der Waals surface area contributed by atoms with Gasteiger partial charge in [-0.05, 0) is 72.6 Å². The Hall–Kier alpha value is -3.38. The topological polar surface area (TPSA) is 146 Å². The Kier molecular flexibility index (Phi) is 8.56. The van der Waals surface area contributed by atoms with Gasteiger partial charge in [-0.15, -0.1) is 0 Å². The summed E-state index contributed by atoms with van der Waals surface area (Å²) in [6, 6.07) is 4.97. The van der Waals surface area contributed by atoms with E-state index in [2.05, 4.69) is 0 Å². The van der Waals surface area contributed by atoms with E-state index in [-0.39, 0.29) is 25.0 Å². The Morgan fingerprint density at radius 3 is 2.39 bits per heavy atom. The average Bonchev–Trinajstić information content (AvgIpc) is 3.70. The normalized spacial score (nSPS) is 23.9. The molecule has 1 aliphatic carbocycles. The molecule has 2 N–H and O–H groups in total. The number of likely N-dealkylation sites (tertiary alicyclic amines) is 1. The van der Waals surface area contributed by atoms with Crippen LogP contribution in [0, 0.1) is 11.8 Å². The molecule has 3 aliphatic rings. The molecule has 12 heteroatoms. The van der Waals surface area contributed by atoms with Crippen LogP contribution in [0.4, 0.5) is 16.2 Å². The number of rotatable bonds is 8. The smallest absolute Gasteiger partial charge is 0.410 e. The summed E-state index contributed by atoms with van der Waals surface area (Å²) in [4.78, 5) is 56.6. The number of piperidine rings is 1. The molecule has 2 aliphatic heterocycles. The molecular formula is C29H41N3O9. The number of ether oxygens (including phenoxy) is 3. The fraction of sp³-hybridized carbons (Fsp3) is 0.655. The number of hydrogen-bond donors (Lipinski definition) is 2. The minimum atomic E-state index is -1.51. The number of benzene rings is 1. The fourth-order valence-electron chi connectivity index (χ4n) is 5.23. The van der Waals surface area contributed by atoms with Crippen LogP contribution < -0.4 is 14.5 Å². The number of aliphatic carboxylic acids is 1. The maximum atomic E-state index is 14.1. The quantitative estimate of drug-likeness (QED) is 0.447. The van der Waals surface area contributed by atoms with E-state index in [0.717, 1.165) is 12.8 Å². The van der Waals surface area contributed by atoms with Crippen LogP contribution >= 0.6 is 0 Å². The molecule has 1 saturated carbocycles. The molecule has 0 spiro atoms. The molecule has 2 heterocycles. The first-order chi connectivity index (χ1) is 19.1. The molecule has 1 aromatic rings. The maximum Gasteiger partial charge on any atom is 0.410 e. The summed E-state index contributed by atoms with van der Waals surface area (Å²) in [6.07, 6.45) is -0.810. The molecule has 2 unspecified atom stereocenters. The summed E-state index contributed by atoms with van der Waals surface area (Å²) in [5.74, 6) is -4.12. The van der Waals surface area contributed by atoms with Crippen molar-refractivity contribution in [1.29, 1.82) is 0 Å². The number of carboxylic acids is 1. The number of carboxylic acid groups (broad SMARTS) is 1. The minimum absolute atomic E-state index is 0.165. The van der Waals surface area contributed by atoms with Crippen molar-refractivity contribution in [1.82, 2.24) is 4.90 Å². The summed E-state index contributed by atoms with van der Waals surface area (Å²) in [5, 5.41) is 20.9. The van der Waals surface area contributed by atoms with Crippen LogP contribution in [0.2, 0.25) is 0 Å². The summed E-state index contributed by atoms with van der Waals surface area (Å²) in [5.41, 5.74) is -0.928. The van der Waals surface area contributed by atoms with Crippen molar-refractivity contribution in [3.8, 4) is 5.75 Å². The molecule has 226 valence electrons. The van der Waals surface area contributed by atoms with E-state index >= 15 is 0 Å². The third-order valence-electron chi connectivity index (χ3n) is 7.39. The molecular weight excluding hydrogens is 534 g/mol. The molecule has 0 radical (unpaired) electrons.